The summed E-state index contributed by atoms with van der Waals surface area (Å²) in [6.45, 7) is 0. The van der Waals surface area contributed by atoms with Crippen LogP contribution in [-0.4, -0.2) is 14.5 Å². The maximum atomic E-state index is 5.38. The minimum atomic E-state index is 0.674. The van der Waals surface area contributed by atoms with Crippen LogP contribution in [0.25, 0.3) is 105 Å². The van der Waals surface area contributed by atoms with Gasteiger partial charge in [0.1, 0.15) is 0 Å². The molecule has 0 atom stereocenters. The van der Waals surface area contributed by atoms with Crippen molar-refractivity contribution in [2.45, 2.75) is 0 Å². The summed E-state index contributed by atoms with van der Waals surface area (Å²) in [4.78, 5) is 10.7. The van der Waals surface area contributed by atoms with E-state index in [2.05, 4.69) is 211 Å². The van der Waals surface area contributed by atoms with Crippen molar-refractivity contribution in [2.75, 3.05) is 0 Å². The van der Waals surface area contributed by atoms with Gasteiger partial charge in [-0.2, -0.15) is 0 Å². The van der Waals surface area contributed by atoms with Crippen LogP contribution < -0.4 is 0 Å². The molecule has 57 heavy (non-hydrogen) atoms. The van der Waals surface area contributed by atoms with Crippen LogP contribution in [0.4, 0.5) is 0 Å². The Hall–Kier alpha value is -7.62. The zero-order valence-corrected chi connectivity index (χ0v) is 31.0. The van der Waals surface area contributed by atoms with Crippen molar-refractivity contribution >= 4 is 43.4 Å². The zero-order chi connectivity index (χ0) is 37.7. The van der Waals surface area contributed by atoms with Crippen LogP contribution in [-0.2, 0) is 0 Å². The quantitative estimate of drug-likeness (QED) is 0.160. The number of benzene rings is 9. The number of hydrogen-bond acceptors (Lipinski definition) is 2. The van der Waals surface area contributed by atoms with Gasteiger partial charge in [-0.25, -0.2) is 9.97 Å². The lowest BCUT2D eigenvalue weighted by molar-refractivity contribution is 1.16. The summed E-state index contributed by atoms with van der Waals surface area (Å²) < 4.78 is 2.39. The van der Waals surface area contributed by atoms with Gasteiger partial charge in [0.2, 0.25) is 0 Å². The Balaban J connectivity index is 1.18. The lowest BCUT2D eigenvalue weighted by Gasteiger charge is -2.16. The van der Waals surface area contributed by atoms with Gasteiger partial charge in [0.25, 0.3) is 0 Å². The number of para-hydroxylation sites is 2. The molecule has 3 nitrogen and oxygen atoms in total. The minimum Gasteiger partial charge on any atom is -0.309 e. The molecule has 0 fully saturated rings. The number of nitrogens with zero attached hydrogens (tertiary/aromatic N) is 3. The molecule has 0 N–H and O–H groups in total. The highest BCUT2D eigenvalue weighted by atomic mass is 15.0. The molecule has 11 rings (SSSR count). The smallest absolute Gasteiger partial charge is 0.160 e. The predicted molar refractivity (Wildman–Crippen MR) is 239 cm³/mol. The summed E-state index contributed by atoms with van der Waals surface area (Å²) in [6, 6.07) is 75.8. The van der Waals surface area contributed by atoms with Crippen LogP contribution in [0.15, 0.2) is 212 Å². The topological polar surface area (TPSA) is 30.7 Å². The van der Waals surface area contributed by atoms with E-state index < -0.39 is 0 Å². The molecule has 0 saturated carbocycles. The van der Waals surface area contributed by atoms with Crippen molar-refractivity contribution in [2.24, 2.45) is 0 Å². The van der Waals surface area contributed by atoms with E-state index in [9.17, 15) is 0 Å². The molecule has 0 aliphatic rings. The largest absolute Gasteiger partial charge is 0.309 e. The molecule has 0 radical (unpaired) electrons. The summed E-state index contributed by atoms with van der Waals surface area (Å²) in [5.41, 5.74) is 12.8. The summed E-state index contributed by atoms with van der Waals surface area (Å²) in [7, 11) is 0. The Morgan fingerprint density at radius 1 is 0.298 bits per heavy atom. The summed E-state index contributed by atoms with van der Waals surface area (Å²) in [6.07, 6.45) is 0. The molecule has 0 aliphatic carbocycles. The molecule has 2 aromatic heterocycles. The Kier molecular flexibility index (Phi) is 7.82. The molecule has 0 amide bonds. The molecule has 0 saturated heterocycles. The number of rotatable bonds is 6. The molecule has 0 aliphatic heterocycles. The van der Waals surface area contributed by atoms with Crippen LogP contribution in [0.3, 0.4) is 0 Å². The van der Waals surface area contributed by atoms with Crippen molar-refractivity contribution in [3.63, 3.8) is 0 Å². The first kappa shape index (κ1) is 32.8. The van der Waals surface area contributed by atoms with Crippen LogP contribution in [0.5, 0.6) is 0 Å². The highest BCUT2D eigenvalue weighted by Gasteiger charge is 2.18. The van der Waals surface area contributed by atoms with Crippen LogP contribution in [0, 0.1) is 0 Å². The first-order chi connectivity index (χ1) is 28.2. The molecular formula is C54H35N3. The first-order valence-electron chi connectivity index (χ1n) is 19.4. The second kappa shape index (κ2) is 13.6. The van der Waals surface area contributed by atoms with Gasteiger partial charge >= 0.3 is 0 Å². The van der Waals surface area contributed by atoms with Gasteiger partial charge in [-0.05, 0) is 86.3 Å². The highest BCUT2D eigenvalue weighted by Crippen LogP contribution is 2.40. The van der Waals surface area contributed by atoms with Gasteiger partial charge in [0, 0.05) is 33.2 Å². The van der Waals surface area contributed by atoms with Crippen molar-refractivity contribution in [3.8, 4) is 61.8 Å². The van der Waals surface area contributed by atoms with Gasteiger partial charge < -0.3 is 4.57 Å². The summed E-state index contributed by atoms with van der Waals surface area (Å²) in [5, 5.41) is 7.34. The molecule has 9 aromatic carbocycles. The van der Waals surface area contributed by atoms with E-state index in [1.54, 1.807) is 0 Å². The number of fused-ring (bicyclic) bond motifs is 6. The molecule has 0 spiro atoms. The molecule has 0 bridgehead atoms. The highest BCUT2D eigenvalue weighted by molar-refractivity contribution is 6.14. The maximum Gasteiger partial charge on any atom is 0.160 e. The van der Waals surface area contributed by atoms with Gasteiger partial charge in [0.05, 0.1) is 22.4 Å². The van der Waals surface area contributed by atoms with E-state index >= 15 is 0 Å². The monoisotopic (exact) mass is 725 g/mol. The third-order valence-electron chi connectivity index (χ3n) is 11.2. The zero-order valence-electron chi connectivity index (χ0n) is 31.0. The van der Waals surface area contributed by atoms with Crippen molar-refractivity contribution < 1.29 is 0 Å². The molecule has 11 aromatic rings. The molecule has 266 valence electrons. The summed E-state index contributed by atoms with van der Waals surface area (Å²) >= 11 is 0. The van der Waals surface area contributed by atoms with Crippen molar-refractivity contribution in [1.82, 2.24) is 14.5 Å². The molecule has 0 unspecified atom stereocenters. The first-order valence-corrected chi connectivity index (χ1v) is 19.4. The summed E-state index contributed by atoms with van der Waals surface area (Å²) in [5.74, 6) is 0.674. The normalized spacial score (nSPS) is 11.5. The standard InChI is InChI=1S/C54H35N3/c1-3-15-36(16-4-1)37-27-29-39(30-28-37)51-35-50(38-17-5-2-6-18-38)55-54(56-51)42-31-41(49-34-40-19-7-8-20-44(40)45-21-9-10-22-46(45)49)32-43(33-42)57-52-25-13-11-23-47(52)48-24-12-14-26-53(48)57/h1-35H. The van der Waals surface area contributed by atoms with Gasteiger partial charge in [-0.15, -0.1) is 0 Å². The second-order valence-corrected chi connectivity index (χ2v) is 14.6. The fraction of sp³-hybridized carbons (Fsp3) is 0. The Bertz CT molecular complexity index is 3220. The van der Waals surface area contributed by atoms with Gasteiger partial charge in [-0.3, -0.25) is 0 Å². The van der Waals surface area contributed by atoms with Crippen molar-refractivity contribution in [1.29, 1.82) is 0 Å². The number of hydrogen-bond donors (Lipinski definition) is 0. The lowest BCUT2D eigenvalue weighted by Crippen LogP contribution is -1.99. The van der Waals surface area contributed by atoms with Crippen LogP contribution in [0.1, 0.15) is 0 Å². The Morgan fingerprint density at radius 2 is 0.772 bits per heavy atom. The fourth-order valence-electron chi connectivity index (χ4n) is 8.46. The Morgan fingerprint density at radius 3 is 1.44 bits per heavy atom. The Labute approximate surface area is 330 Å². The van der Waals surface area contributed by atoms with E-state index in [0.717, 1.165) is 50.4 Å². The third kappa shape index (κ3) is 5.76. The van der Waals surface area contributed by atoms with Crippen LogP contribution >= 0.6 is 0 Å². The fourth-order valence-corrected chi connectivity index (χ4v) is 8.46. The minimum absolute atomic E-state index is 0.674. The molecule has 2 heterocycles. The molecular weight excluding hydrogens is 691 g/mol. The van der Waals surface area contributed by atoms with E-state index in [0.29, 0.717) is 5.82 Å². The van der Waals surface area contributed by atoms with E-state index in [-0.39, 0.29) is 0 Å². The predicted octanol–water partition coefficient (Wildman–Crippen LogP) is 14.2. The van der Waals surface area contributed by atoms with Crippen molar-refractivity contribution in [3.05, 3.63) is 212 Å². The molecule has 3 heteroatoms. The average molecular weight is 726 g/mol. The van der Waals surface area contributed by atoms with E-state index in [1.807, 2.05) is 6.07 Å². The van der Waals surface area contributed by atoms with Crippen LogP contribution in [0.2, 0.25) is 0 Å². The lowest BCUT2D eigenvalue weighted by atomic mass is 9.92. The third-order valence-corrected chi connectivity index (χ3v) is 11.2. The average Bonchev–Trinajstić information content (AvgIpc) is 3.63. The van der Waals surface area contributed by atoms with Gasteiger partial charge in [0.15, 0.2) is 5.82 Å². The van der Waals surface area contributed by atoms with E-state index in [1.165, 1.54) is 49.0 Å². The second-order valence-electron chi connectivity index (χ2n) is 14.6. The van der Waals surface area contributed by atoms with E-state index in [4.69, 9.17) is 9.97 Å². The van der Waals surface area contributed by atoms with Gasteiger partial charge in [-0.1, -0.05) is 170 Å². The SMILES string of the molecule is c1ccc(-c2ccc(-c3cc(-c4ccccc4)nc(-c4cc(-c5cc6ccccc6c6ccccc56)cc(-n5c6ccccc6c6ccccc65)c4)n3)cc2)cc1. The maximum absolute atomic E-state index is 5.38. The number of aromatic nitrogens is 3.